The molecule has 0 bridgehead atoms. The normalized spacial score (nSPS) is 20.2. The summed E-state index contributed by atoms with van der Waals surface area (Å²) in [6, 6.07) is 4.27. The van der Waals surface area contributed by atoms with Gasteiger partial charge in [-0.1, -0.05) is 0 Å². The Morgan fingerprint density at radius 1 is 0.773 bits per heavy atom. The van der Waals surface area contributed by atoms with E-state index in [0.717, 1.165) is 39.0 Å². The minimum Gasteiger partial charge on any atom is -0.469 e. The Labute approximate surface area is 131 Å². The van der Waals surface area contributed by atoms with Crippen molar-refractivity contribution in [3.8, 4) is 0 Å². The molecule has 2 aromatic heterocycles. The van der Waals surface area contributed by atoms with Gasteiger partial charge in [0.15, 0.2) is 0 Å². The lowest BCUT2D eigenvalue weighted by molar-refractivity contribution is 0.196. The molecule has 0 N–H and O–H groups in total. The second-order valence-corrected chi connectivity index (χ2v) is 6.50. The molecule has 0 saturated carbocycles. The van der Waals surface area contributed by atoms with Gasteiger partial charge in [0.05, 0.1) is 12.5 Å². The molecule has 0 saturated heterocycles. The van der Waals surface area contributed by atoms with Gasteiger partial charge in [-0.3, -0.25) is 9.80 Å². The average molecular weight is 300 g/mol. The van der Waals surface area contributed by atoms with Gasteiger partial charge in [0, 0.05) is 50.1 Å². The van der Waals surface area contributed by atoms with Crippen molar-refractivity contribution in [3.63, 3.8) is 0 Å². The van der Waals surface area contributed by atoms with E-state index in [1.807, 2.05) is 12.5 Å². The molecule has 4 nitrogen and oxygen atoms in total. The Morgan fingerprint density at radius 3 is 1.77 bits per heavy atom. The van der Waals surface area contributed by atoms with Crippen molar-refractivity contribution in [2.24, 2.45) is 0 Å². The molecule has 0 amide bonds. The summed E-state index contributed by atoms with van der Waals surface area (Å²) in [5.74, 6) is 2.39. The van der Waals surface area contributed by atoms with Gasteiger partial charge in [0.1, 0.15) is 11.5 Å². The van der Waals surface area contributed by atoms with Crippen LogP contribution < -0.4 is 0 Å². The van der Waals surface area contributed by atoms with Crippen LogP contribution in [0, 0.1) is 0 Å². The average Bonchev–Trinajstić information content (AvgIpc) is 3.05. The molecule has 4 heteroatoms. The number of furan rings is 2. The van der Waals surface area contributed by atoms with Crippen LogP contribution in [-0.2, 0) is 25.9 Å². The molecular weight excluding hydrogens is 276 g/mol. The molecular formula is C18H24N2O2. The monoisotopic (exact) mass is 300 g/mol. The maximum absolute atomic E-state index is 5.58. The van der Waals surface area contributed by atoms with Gasteiger partial charge >= 0.3 is 0 Å². The highest BCUT2D eigenvalue weighted by Crippen LogP contribution is 2.21. The van der Waals surface area contributed by atoms with Gasteiger partial charge in [-0.05, 0) is 38.1 Å². The Balaban J connectivity index is 1.35. The van der Waals surface area contributed by atoms with Crippen molar-refractivity contribution < 1.29 is 8.83 Å². The number of nitrogens with zero attached hydrogens (tertiary/aromatic N) is 2. The third kappa shape index (κ3) is 2.99. The van der Waals surface area contributed by atoms with E-state index in [0.29, 0.717) is 0 Å². The third-order valence-corrected chi connectivity index (χ3v) is 4.95. The molecule has 4 rings (SSSR count). The van der Waals surface area contributed by atoms with Gasteiger partial charge in [0.25, 0.3) is 0 Å². The van der Waals surface area contributed by atoms with E-state index >= 15 is 0 Å². The summed E-state index contributed by atoms with van der Waals surface area (Å²) >= 11 is 0. The topological polar surface area (TPSA) is 32.8 Å². The van der Waals surface area contributed by atoms with Gasteiger partial charge in [-0.15, -0.1) is 0 Å². The minimum absolute atomic E-state index is 1.04. The van der Waals surface area contributed by atoms with Gasteiger partial charge in [-0.2, -0.15) is 0 Å². The summed E-state index contributed by atoms with van der Waals surface area (Å²) in [6.07, 6.45) is 8.24. The van der Waals surface area contributed by atoms with Gasteiger partial charge in [-0.25, -0.2) is 0 Å². The molecule has 0 spiro atoms. The van der Waals surface area contributed by atoms with Gasteiger partial charge in [0.2, 0.25) is 0 Å². The van der Waals surface area contributed by atoms with E-state index in [4.69, 9.17) is 8.83 Å². The Hall–Kier alpha value is -1.52. The Bertz CT molecular complexity index is 562. The molecule has 118 valence electrons. The predicted molar refractivity (Wildman–Crippen MR) is 84.6 cm³/mol. The summed E-state index contributed by atoms with van der Waals surface area (Å²) in [6.45, 7) is 6.70. The van der Waals surface area contributed by atoms with Crippen LogP contribution in [0.3, 0.4) is 0 Å². The lowest BCUT2D eigenvalue weighted by Gasteiger charge is -2.25. The van der Waals surface area contributed by atoms with E-state index in [1.165, 1.54) is 48.6 Å². The predicted octanol–water partition coefficient (Wildman–Crippen LogP) is 3.07. The Morgan fingerprint density at radius 2 is 1.27 bits per heavy atom. The first-order valence-electron chi connectivity index (χ1n) is 8.44. The standard InChI is InChI=1S/C18H24N2O2/c1-3-17-15(5-11-21-17)13-19(7-1)9-10-20-8-2-4-18-16(14-20)6-12-22-18/h5-6,11-12H,1-4,7-10,13-14H2. The zero-order valence-corrected chi connectivity index (χ0v) is 13.1. The fourth-order valence-corrected chi connectivity index (χ4v) is 3.69. The zero-order chi connectivity index (χ0) is 14.8. The molecule has 4 heterocycles. The largest absolute Gasteiger partial charge is 0.469 e. The summed E-state index contributed by atoms with van der Waals surface area (Å²) in [5, 5.41) is 0. The first-order valence-corrected chi connectivity index (χ1v) is 8.44. The van der Waals surface area contributed by atoms with Crippen LogP contribution in [0.15, 0.2) is 33.5 Å². The van der Waals surface area contributed by atoms with Crippen molar-refractivity contribution in [1.82, 2.24) is 9.80 Å². The van der Waals surface area contributed by atoms with Crippen molar-refractivity contribution >= 4 is 0 Å². The molecule has 2 aliphatic rings. The number of hydrogen-bond donors (Lipinski definition) is 0. The van der Waals surface area contributed by atoms with Crippen LogP contribution in [-0.4, -0.2) is 36.0 Å². The van der Waals surface area contributed by atoms with Crippen LogP contribution in [0.4, 0.5) is 0 Å². The first-order chi connectivity index (χ1) is 10.9. The highest BCUT2D eigenvalue weighted by molar-refractivity contribution is 5.19. The van der Waals surface area contributed by atoms with E-state index in [-0.39, 0.29) is 0 Å². The quantitative estimate of drug-likeness (QED) is 0.872. The van der Waals surface area contributed by atoms with E-state index in [9.17, 15) is 0 Å². The maximum atomic E-state index is 5.58. The van der Waals surface area contributed by atoms with E-state index in [1.54, 1.807) is 0 Å². The summed E-state index contributed by atoms with van der Waals surface area (Å²) in [5.41, 5.74) is 2.76. The summed E-state index contributed by atoms with van der Waals surface area (Å²) < 4.78 is 11.2. The summed E-state index contributed by atoms with van der Waals surface area (Å²) in [7, 11) is 0. The zero-order valence-electron chi connectivity index (χ0n) is 13.1. The molecule has 22 heavy (non-hydrogen) atoms. The maximum Gasteiger partial charge on any atom is 0.108 e. The van der Waals surface area contributed by atoms with Crippen molar-refractivity contribution in [1.29, 1.82) is 0 Å². The second kappa shape index (κ2) is 6.31. The molecule has 0 aromatic carbocycles. The van der Waals surface area contributed by atoms with Crippen LogP contribution >= 0.6 is 0 Å². The van der Waals surface area contributed by atoms with Crippen LogP contribution in [0.2, 0.25) is 0 Å². The van der Waals surface area contributed by atoms with E-state index in [2.05, 4.69) is 21.9 Å². The fourth-order valence-electron chi connectivity index (χ4n) is 3.69. The molecule has 0 aliphatic carbocycles. The molecule has 0 unspecified atom stereocenters. The highest BCUT2D eigenvalue weighted by Gasteiger charge is 2.19. The fraction of sp³-hybridized carbons (Fsp3) is 0.556. The number of fused-ring (bicyclic) bond motifs is 2. The third-order valence-electron chi connectivity index (χ3n) is 4.95. The van der Waals surface area contributed by atoms with Gasteiger partial charge < -0.3 is 8.83 Å². The minimum atomic E-state index is 1.04. The Kier molecular flexibility index (Phi) is 4.04. The summed E-state index contributed by atoms with van der Waals surface area (Å²) in [4.78, 5) is 5.14. The smallest absolute Gasteiger partial charge is 0.108 e. The lowest BCUT2D eigenvalue weighted by Crippen LogP contribution is -2.34. The highest BCUT2D eigenvalue weighted by atomic mass is 16.3. The first kappa shape index (κ1) is 14.1. The van der Waals surface area contributed by atoms with Crippen LogP contribution in [0.1, 0.15) is 35.5 Å². The van der Waals surface area contributed by atoms with Crippen LogP contribution in [0.5, 0.6) is 0 Å². The van der Waals surface area contributed by atoms with Crippen molar-refractivity contribution in [3.05, 3.63) is 47.3 Å². The molecule has 0 radical (unpaired) electrons. The molecule has 2 aromatic rings. The lowest BCUT2D eigenvalue weighted by atomic mass is 10.2. The van der Waals surface area contributed by atoms with E-state index < -0.39 is 0 Å². The molecule has 0 fully saturated rings. The van der Waals surface area contributed by atoms with Crippen LogP contribution in [0.25, 0.3) is 0 Å². The number of aryl methyl sites for hydroxylation is 2. The molecule has 2 aliphatic heterocycles. The molecule has 0 atom stereocenters. The van der Waals surface area contributed by atoms with Crippen molar-refractivity contribution in [2.45, 2.75) is 38.8 Å². The number of rotatable bonds is 3. The second-order valence-electron chi connectivity index (χ2n) is 6.50. The SMILES string of the molecule is c1cc2c(o1)CCCN(CCN1CCCc3occc3C1)C2. The number of hydrogen-bond acceptors (Lipinski definition) is 4. The van der Waals surface area contributed by atoms with Crippen molar-refractivity contribution in [2.75, 3.05) is 26.2 Å².